The van der Waals surface area contributed by atoms with Crippen LogP contribution in [0.1, 0.15) is 16.9 Å². The average Bonchev–Trinajstić information content (AvgIpc) is 3.15. The van der Waals surface area contributed by atoms with Crippen molar-refractivity contribution in [2.45, 2.75) is 6.54 Å². The lowest BCUT2D eigenvalue weighted by Crippen LogP contribution is -2.27. The normalized spacial score (nSPS) is 11.4. The van der Waals surface area contributed by atoms with E-state index >= 15 is 0 Å². The molecule has 0 saturated heterocycles. The molecule has 0 unspecified atom stereocenters. The molecular weight excluding hydrogens is 334 g/mol. The summed E-state index contributed by atoms with van der Waals surface area (Å²) in [5, 5.41) is 0.681. The third kappa shape index (κ3) is 4.40. The first-order valence-electron chi connectivity index (χ1n) is 7.94. The number of rotatable bonds is 5. The van der Waals surface area contributed by atoms with Gasteiger partial charge in [-0.3, -0.25) is 4.79 Å². The summed E-state index contributed by atoms with van der Waals surface area (Å²) < 4.78 is 5.39. The van der Waals surface area contributed by atoms with Gasteiger partial charge in [-0.25, -0.2) is 0 Å². The summed E-state index contributed by atoms with van der Waals surface area (Å²) in [7, 11) is 1.79. The molecule has 0 N–H and O–H groups in total. The Hall–Kier alpha value is -2.78. The van der Waals surface area contributed by atoms with Gasteiger partial charge in [0, 0.05) is 18.6 Å². The van der Waals surface area contributed by atoms with Crippen LogP contribution in [0, 0.1) is 0 Å². The number of hydrogen-bond acceptors (Lipinski definition) is 2. The largest absolute Gasteiger partial charge is 0.465 e. The maximum Gasteiger partial charge on any atom is 0.254 e. The molecule has 3 nitrogen and oxygen atoms in total. The molecule has 0 saturated carbocycles. The number of hydrogen-bond donors (Lipinski definition) is 0. The summed E-state index contributed by atoms with van der Waals surface area (Å²) in [5.41, 5.74) is 2.46. The predicted octanol–water partition coefficient (Wildman–Crippen LogP) is 5.13. The Bertz CT molecular complexity index is 853. The highest BCUT2D eigenvalue weighted by Gasteiger charge is 2.17. The van der Waals surface area contributed by atoms with Crippen molar-refractivity contribution in [1.29, 1.82) is 0 Å². The fourth-order valence-electron chi connectivity index (χ4n) is 2.54. The van der Waals surface area contributed by atoms with Gasteiger partial charge < -0.3 is 9.32 Å². The molecule has 2 aromatic carbocycles. The van der Waals surface area contributed by atoms with E-state index in [0.717, 1.165) is 11.1 Å². The molecule has 0 fully saturated rings. The quantitative estimate of drug-likeness (QED) is 0.597. The second-order valence-corrected chi connectivity index (χ2v) is 6.16. The highest BCUT2D eigenvalue weighted by molar-refractivity contribution is 6.30. The van der Waals surface area contributed by atoms with Gasteiger partial charge in [-0.2, -0.15) is 0 Å². The Morgan fingerprint density at radius 1 is 1.04 bits per heavy atom. The van der Waals surface area contributed by atoms with E-state index in [0.29, 0.717) is 22.9 Å². The lowest BCUT2D eigenvalue weighted by atomic mass is 10.0. The molecule has 0 bridgehead atoms. The molecular formula is C21H18ClNO2. The second-order valence-electron chi connectivity index (χ2n) is 5.73. The van der Waals surface area contributed by atoms with Gasteiger partial charge in [-0.05, 0) is 41.5 Å². The number of carbonyl (C=O) groups excluding carboxylic acids is 1. The summed E-state index contributed by atoms with van der Waals surface area (Å²) in [5.74, 6) is 0.574. The molecule has 4 heteroatoms. The zero-order chi connectivity index (χ0) is 17.6. The lowest BCUT2D eigenvalue weighted by Gasteiger charge is -2.19. The molecule has 126 valence electrons. The van der Waals surface area contributed by atoms with Crippen molar-refractivity contribution in [3.8, 4) is 0 Å². The number of amides is 1. The summed E-state index contributed by atoms with van der Waals surface area (Å²) in [6.45, 7) is 0.498. The van der Waals surface area contributed by atoms with Crippen molar-refractivity contribution in [1.82, 2.24) is 4.90 Å². The molecule has 0 aliphatic rings. The Kier molecular flexibility index (Phi) is 5.36. The van der Waals surface area contributed by atoms with Crippen molar-refractivity contribution in [3.05, 3.63) is 94.9 Å². The summed E-state index contributed by atoms with van der Waals surface area (Å²) in [6.07, 6.45) is 3.37. The fraction of sp³-hybridized carbons (Fsp3) is 0.0952. The van der Waals surface area contributed by atoms with Crippen LogP contribution < -0.4 is 0 Å². The van der Waals surface area contributed by atoms with Gasteiger partial charge in [0.1, 0.15) is 5.76 Å². The number of furan rings is 1. The van der Waals surface area contributed by atoms with Crippen molar-refractivity contribution in [2.24, 2.45) is 0 Å². The van der Waals surface area contributed by atoms with E-state index < -0.39 is 0 Å². The molecule has 25 heavy (non-hydrogen) atoms. The van der Waals surface area contributed by atoms with Gasteiger partial charge in [-0.15, -0.1) is 0 Å². The van der Waals surface area contributed by atoms with Gasteiger partial charge in [0.15, 0.2) is 0 Å². The van der Waals surface area contributed by atoms with Crippen molar-refractivity contribution < 1.29 is 9.21 Å². The van der Waals surface area contributed by atoms with Crippen LogP contribution in [0.4, 0.5) is 0 Å². The highest BCUT2D eigenvalue weighted by Crippen LogP contribution is 2.22. The van der Waals surface area contributed by atoms with Crippen LogP contribution in [-0.4, -0.2) is 17.9 Å². The van der Waals surface area contributed by atoms with E-state index in [-0.39, 0.29) is 5.91 Å². The van der Waals surface area contributed by atoms with E-state index in [4.69, 9.17) is 16.0 Å². The van der Waals surface area contributed by atoms with Gasteiger partial charge >= 0.3 is 0 Å². The lowest BCUT2D eigenvalue weighted by molar-refractivity contribution is -0.124. The molecule has 0 spiro atoms. The van der Waals surface area contributed by atoms with Crippen molar-refractivity contribution >= 4 is 29.2 Å². The number of halogens is 1. The molecule has 0 aliphatic carbocycles. The van der Waals surface area contributed by atoms with E-state index in [9.17, 15) is 4.79 Å². The maximum absolute atomic E-state index is 13.0. The zero-order valence-corrected chi connectivity index (χ0v) is 14.6. The van der Waals surface area contributed by atoms with E-state index in [1.54, 1.807) is 30.4 Å². The minimum absolute atomic E-state index is 0.0717. The molecule has 0 radical (unpaired) electrons. The number of likely N-dealkylation sites (N-methyl/N-ethyl adjacent to an activating group) is 1. The Labute approximate surface area is 152 Å². The summed E-state index contributed by atoms with van der Waals surface area (Å²) in [4.78, 5) is 14.7. The van der Waals surface area contributed by atoms with E-state index in [1.165, 1.54) is 0 Å². The predicted molar refractivity (Wildman–Crippen MR) is 101 cm³/mol. The van der Waals surface area contributed by atoms with Crippen LogP contribution in [0.3, 0.4) is 0 Å². The SMILES string of the molecule is CN(Cc1ccc(Cl)cc1)C(=O)/C(=C/c1ccco1)c1ccccc1. The fourth-order valence-corrected chi connectivity index (χ4v) is 2.67. The van der Waals surface area contributed by atoms with Gasteiger partial charge in [0.2, 0.25) is 0 Å². The minimum atomic E-state index is -0.0717. The van der Waals surface area contributed by atoms with Crippen LogP contribution in [0.15, 0.2) is 77.4 Å². The van der Waals surface area contributed by atoms with Gasteiger partial charge in [0.25, 0.3) is 5.91 Å². The third-order valence-corrected chi connectivity index (χ3v) is 4.08. The number of carbonyl (C=O) groups is 1. The molecule has 1 heterocycles. The highest BCUT2D eigenvalue weighted by atomic mass is 35.5. The van der Waals surface area contributed by atoms with Crippen LogP contribution in [0.2, 0.25) is 5.02 Å². The smallest absolute Gasteiger partial charge is 0.254 e. The Balaban J connectivity index is 1.87. The standard InChI is InChI=1S/C21H18ClNO2/c1-23(15-16-9-11-18(22)12-10-16)21(24)20(14-19-8-5-13-25-19)17-6-3-2-4-7-17/h2-14H,15H2,1H3/b20-14+. The molecule has 3 rings (SSSR count). The van der Waals surface area contributed by atoms with E-state index in [1.807, 2.05) is 60.7 Å². The van der Waals surface area contributed by atoms with Crippen LogP contribution >= 0.6 is 11.6 Å². The first-order valence-corrected chi connectivity index (χ1v) is 8.32. The summed E-state index contributed by atoms with van der Waals surface area (Å²) >= 11 is 5.92. The maximum atomic E-state index is 13.0. The Morgan fingerprint density at radius 3 is 2.40 bits per heavy atom. The zero-order valence-electron chi connectivity index (χ0n) is 13.9. The van der Waals surface area contributed by atoms with Crippen molar-refractivity contribution in [3.63, 3.8) is 0 Å². The van der Waals surface area contributed by atoms with Gasteiger partial charge in [-0.1, -0.05) is 54.1 Å². The third-order valence-electron chi connectivity index (χ3n) is 3.82. The van der Waals surface area contributed by atoms with Crippen LogP contribution in [-0.2, 0) is 11.3 Å². The molecule has 1 aromatic heterocycles. The van der Waals surface area contributed by atoms with Crippen LogP contribution in [0.25, 0.3) is 11.6 Å². The van der Waals surface area contributed by atoms with Crippen LogP contribution in [0.5, 0.6) is 0 Å². The topological polar surface area (TPSA) is 33.5 Å². The first kappa shape index (κ1) is 17.1. The number of benzene rings is 2. The Morgan fingerprint density at radius 2 is 1.76 bits per heavy atom. The molecule has 0 aliphatic heterocycles. The number of nitrogens with zero attached hydrogens (tertiary/aromatic N) is 1. The minimum Gasteiger partial charge on any atom is -0.465 e. The first-order chi connectivity index (χ1) is 12.1. The monoisotopic (exact) mass is 351 g/mol. The van der Waals surface area contributed by atoms with Crippen molar-refractivity contribution in [2.75, 3.05) is 7.05 Å². The second kappa shape index (κ2) is 7.86. The summed E-state index contributed by atoms with van der Waals surface area (Å²) in [6, 6.07) is 20.7. The van der Waals surface area contributed by atoms with Gasteiger partial charge in [0.05, 0.1) is 11.8 Å². The molecule has 1 amide bonds. The van der Waals surface area contributed by atoms with E-state index in [2.05, 4.69) is 0 Å². The average molecular weight is 352 g/mol. The molecule has 3 aromatic rings. The molecule has 0 atom stereocenters.